The number of fused-ring (bicyclic) bond motifs is 2. The minimum Gasteiger partial charge on any atom is -0.381 e. The van der Waals surface area contributed by atoms with Crippen LogP contribution in [0, 0.1) is 23.7 Å². The molecule has 0 radical (unpaired) electrons. The van der Waals surface area contributed by atoms with E-state index in [1.54, 1.807) is 0 Å². The molecule has 0 aliphatic heterocycles. The summed E-state index contributed by atoms with van der Waals surface area (Å²) in [7, 11) is 0.509. The number of methoxy groups -OCH3 is 1. The molecule has 0 aromatic carbocycles. The maximum atomic E-state index is 5.98. The summed E-state index contributed by atoms with van der Waals surface area (Å²) in [5.74, 6) is 3.85. The van der Waals surface area contributed by atoms with Crippen molar-refractivity contribution < 1.29 is 4.74 Å². The van der Waals surface area contributed by atoms with Crippen LogP contribution in [0.3, 0.4) is 0 Å². The average Bonchev–Trinajstić information content (AvgIpc) is 2.96. The second-order valence-electron chi connectivity index (χ2n) is 9.96. The highest BCUT2D eigenvalue weighted by Crippen LogP contribution is 2.58. The van der Waals surface area contributed by atoms with Gasteiger partial charge in [-0.1, -0.05) is 32.4 Å². The first-order chi connectivity index (χ1) is 10.2. The van der Waals surface area contributed by atoms with E-state index in [4.69, 9.17) is 4.74 Å². The molecule has 0 aromatic rings. The van der Waals surface area contributed by atoms with Gasteiger partial charge in [0.1, 0.15) is 8.24 Å². The number of ether oxygens (including phenoxy) is 1. The van der Waals surface area contributed by atoms with E-state index < -0.39 is 8.24 Å². The Morgan fingerprint density at radius 1 is 0.955 bits per heavy atom. The summed E-state index contributed by atoms with van der Waals surface area (Å²) < 4.78 is 5.98. The van der Waals surface area contributed by atoms with Crippen LogP contribution in [0.15, 0.2) is 0 Å². The molecular weight excluding hydrogens is 286 g/mol. The molecule has 3 saturated carbocycles. The third-order valence-corrected chi connectivity index (χ3v) is 10.8. The molecule has 2 nitrogen and oxygen atoms in total. The van der Waals surface area contributed by atoms with Crippen LogP contribution < -0.4 is 4.98 Å². The fourth-order valence-electron chi connectivity index (χ4n) is 6.43. The molecule has 3 aliphatic carbocycles. The van der Waals surface area contributed by atoms with Crippen LogP contribution in [-0.2, 0) is 4.74 Å². The Morgan fingerprint density at radius 2 is 1.55 bits per heavy atom. The van der Waals surface area contributed by atoms with Crippen molar-refractivity contribution in [3.05, 3.63) is 0 Å². The largest absolute Gasteiger partial charge is 0.381 e. The summed E-state index contributed by atoms with van der Waals surface area (Å²) in [5, 5.41) is 0. The maximum absolute atomic E-state index is 5.98. The zero-order valence-corrected chi connectivity index (χ0v) is 16.6. The van der Waals surface area contributed by atoms with Crippen LogP contribution in [0.4, 0.5) is 0 Å². The molecule has 0 aromatic heterocycles. The Bertz CT molecular complexity index is 403. The van der Waals surface area contributed by atoms with Crippen LogP contribution >= 0.6 is 0 Å². The smallest absolute Gasteiger partial charge is 0.123 e. The summed E-state index contributed by atoms with van der Waals surface area (Å²) in [5.41, 5.74) is 1.13. The predicted octanol–water partition coefficient (Wildman–Crippen LogP) is 4.81. The first kappa shape index (κ1) is 17.0. The van der Waals surface area contributed by atoms with E-state index in [0.717, 1.165) is 29.2 Å². The van der Waals surface area contributed by atoms with Crippen molar-refractivity contribution in [1.82, 2.24) is 4.98 Å². The van der Waals surface area contributed by atoms with Crippen molar-refractivity contribution >= 4 is 8.24 Å². The molecule has 3 aliphatic rings. The number of hydrogen-bond acceptors (Lipinski definition) is 2. The Kier molecular flexibility index (Phi) is 4.55. The number of hydrogen-bond donors (Lipinski definition) is 1. The molecule has 3 rings (SSSR count). The minimum absolute atomic E-state index is 0.237. The Morgan fingerprint density at radius 3 is 2.09 bits per heavy atom. The van der Waals surface area contributed by atoms with E-state index in [0.29, 0.717) is 6.10 Å². The number of rotatable bonds is 3. The number of nitrogens with one attached hydrogen (secondary N) is 1. The lowest BCUT2D eigenvalue weighted by molar-refractivity contribution is 0.0258. The fraction of sp³-hybridized carbons (Fsp3) is 1.00. The summed E-state index contributed by atoms with van der Waals surface area (Å²) in [6.07, 6.45) is 9.30. The van der Waals surface area contributed by atoms with Crippen molar-refractivity contribution in [2.75, 3.05) is 7.11 Å². The van der Waals surface area contributed by atoms with E-state index in [-0.39, 0.29) is 5.54 Å². The highest BCUT2D eigenvalue weighted by atomic mass is 28.3. The average molecular weight is 324 g/mol. The molecule has 3 fully saturated rings. The highest BCUT2D eigenvalue weighted by Gasteiger charge is 2.54. The van der Waals surface area contributed by atoms with Crippen molar-refractivity contribution in [1.29, 1.82) is 0 Å². The maximum Gasteiger partial charge on any atom is 0.123 e. The summed E-state index contributed by atoms with van der Waals surface area (Å²) in [4.78, 5) is 4.06. The van der Waals surface area contributed by atoms with Gasteiger partial charge in [0, 0.05) is 12.6 Å². The zero-order valence-electron chi connectivity index (χ0n) is 15.6. The van der Waals surface area contributed by atoms with Gasteiger partial charge in [0.15, 0.2) is 0 Å². The molecule has 6 atom stereocenters. The highest BCUT2D eigenvalue weighted by molar-refractivity contribution is 6.76. The van der Waals surface area contributed by atoms with E-state index in [2.05, 4.69) is 38.8 Å². The van der Waals surface area contributed by atoms with Gasteiger partial charge in [-0.05, 0) is 69.2 Å². The van der Waals surface area contributed by atoms with Crippen LogP contribution in [0.5, 0.6) is 0 Å². The molecule has 22 heavy (non-hydrogen) atoms. The Hall–Kier alpha value is 0.137. The molecule has 3 heteroatoms. The SMILES string of the molecule is COC1CC([Si](C)(C)NC(C)(C)C)C2C[C@@H]3CCCC3CC12. The van der Waals surface area contributed by atoms with E-state index >= 15 is 0 Å². The van der Waals surface area contributed by atoms with E-state index in [1.165, 1.54) is 38.5 Å². The van der Waals surface area contributed by atoms with E-state index in [9.17, 15) is 0 Å². The molecule has 0 spiro atoms. The van der Waals surface area contributed by atoms with Gasteiger partial charge in [0.25, 0.3) is 0 Å². The molecule has 128 valence electrons. The molecule has 0 bridgehead atoms. The molecule has 5 unspecified atom stereocenters. The second kappa shape index (κ2) is 5.89. The van der Waals surface area contributed by atoms with Crippen LogP contribution in [-0.4, -0.2) is 27.0 Å². The molecule has 0 saturated heterocycles. The lowest BCUT2D eigenvalue weighted by Gasteiger charge is -2.44. The monoisotopic (exact) mass is 323 g/mol. The van der Waals surface area contributed by atoms with Gasteiger partial charge in [0.2, 0.25) is 0 Å². The quantitative estimate of drug-likeness (QED) is 0.752. The topological polar surface area (TPSA) is 21.3 Å². The first-order valence-electron chi connectivity index (χ1n) is 9.53. The lowest BCUT2D eigenvalue weighted by atomic mass is 9.70. The van der Waals surface area contributed by atoms with Crippen molar-refractivity contribution in [2.24, 2.45) is 23.7 Å². The van der Waals surface area contributed by atoms with Crippen LogP contribution in [0.25, 0.3) is 0 Å². The van der Waals surface area contributed by atoms with Gasteiger partial charge in [-0.25, -0.2) is 0 Å². The first-order valence-corrected chi connectivity index (χ1v) is 12.6. The lowest BCUT2D eigenvalue weighted by Crippen LogP contribution is -2.58. The van der Waals surface area contributed by atoms with Gasteiger partial charge in [-0.2, -0.15) is 0 Å². The standard InChI is InChI=1S/C19H37NOSi/c1-19(2,3)20-22(5,6)18-12-17(21-4)15-10-13-8-7-9-14(13)11-16(15)18/h13-18,20H,7-12H2,1-6H3/t13?,14-,15?,16?,17?,18?/m0/s1. The van der Waals surface area contributed by atoms with Gasteiger partial charge in [0.05, 0.1) is 6.10 Å². The summed E-state index contributed by atoms with van der Waals surface area (Å²) >= 11 is 0. The molecular formula is C19H37NOSi. The van der Waals surface area contributed by atoms with Crippen molar-refractivity contribution in [3.8, 4) is 0 Å². The Labute approximate surface area is 138 Å². The van der Waals surface area contributed by atoms with E-state index in [1.807, 2.05) is 7.11 Å². The van der Waals surface area contributed by atoms with Crippen LogP contribution in [0.1, 0.15) is 59.3 Å². The summed E-state index contributed by atoms with van der Waals surface area (Å²) in [6, 6.07) is 0. The Balaban J connectivity index is 1.80. The zero-order chi connectivity index (χ0) is 16.1. The fourth-order valence-corrected chi connectivity index (χ4v) is 10.8. The molecule has 1 N–H and O–H groups in total. The van der Waals surface area contributed by atoms with Gasteiger partial charge >= 0.3 is 0 Å². The normalized spacial score (nSPS) is 42.3. The third-order valence-electron chi connectivity index (χ3n) is 6.92. The van der Waals surface area contributed by atoms with Crippen molar-refractivity contribution in [3.63, 3.8) is 0 Å². The molecule has 0 amide bonds. The van der Waals surface area contributed by atoms with Gasteiger partial charge in [-0.15, -0.1) is 0 Å². The molecule has 0 heterocycles. The minimum atomic E-state index is -1.45. The van der Waals surface area contributed by atoms with Gasteiger partial charge < -0.3 is 9.72 Å². The third kappa shape index (κ3) is 3.18. The second-order valence-corrected chi connectivity index (χ2v) is 14.4. The van der Waals surface area contributed by atoms with Crippen LogP contribution in [0.2, 0.25) is 18.6 Å². The summed E-state index contributed by atoms with van der Waals surface area (Å²) in [6.45, 7) is 12.1. The van der Waals surface area contributed by atoms with Crippen molar-refractivity contribution in [2.45, 2.75) is 89.6 Å². The van der Waals surface area contributed by atoms with Gasteiger partial charge in [-0.3, -0.25) is 0 Å². The predicted molar refractivity (Wildman–Crippen MR) is 96.6 cm³/mol.